The van der Waals surface area contributed by atoms with Crippen LogP contribution >= 0.6 is 0 Å². The molecular weight excluding hydrogens is 245 g/mol. The van der Waals surface area contributed by atoms with E-state index in [-0.39, 0.29) is 5.82 Å². The summed E-state index contributed by atoms with van der Waals surface area (Å²) >= 11 is 0. The molecule has 98 valence electrons. The molecule has 1 aliphatic heterocycles. The summed E-state index contributed by atoms with van der Waals surface area (Å²) in [6.07, 6.45) is 1.70. The summed E-state index contributed by atoms with van der Waals surface area (Å²) in [7, 11) is 0. The normalized spacial score (nSPS) is 17.1. The van der Waals surface area contributed by atoms with Gasteiger partial charge in [-0.05, 0) is 30.7 Å². The number of nitrogens with zero attached hydrogens (tertiary/aromatic N) is 3. The van der Waals surface area contributed by atoms with Gasteiger partial charge in [0.15, 0.2) is 0 Å². The van der Waals surface area contributed by atoms with E-state index in [1.807, 2.05) is 17.9 Å². The fourth-order valence-corrected chi connectivity index (χ4v) is 2.26. The number of rotatable bonds is 2. The van der Waals surface area contributed by atoms with Gasteiger partial charge in [0.25, 0.3) is 0 Å². The standard InChI is InChI=1S/C14H14FN3O/c1-10-6-7-16-13(17-10)18-8-14(19,9-18)11-2-4-12(15)5-3-11/h2-7,19H,8-9H2,1H3. The smallest absolute Gasteiger partial charge is 0.225 e. The first kappa shape index (κ1) is 12.0. The molecule has 5 heteroatoms. The van der Waals surface area contributed by atoms with Crippen LogP contribution in [-0.2, 0) is 5.60 Å². The van der Waals surface area contributed by atoms with E-state index in [1.54, 1.807) is 18.3 Å². The molecule has 2 aromatic rings. The molecule has 0 atom stereocenters. The second-order valence-electron chi connectivity index (χ2n) is 4.89. The summed E-state index contributed by atoms with van der Waals surface area (Å²) in [4.78, 5) is 10.4. The summed E-state index contributed by atoms with van der Waals surface area (Å²) in [5.74, 6) is 0.317. The molecule has 1 aromatic heterocycles. The summed E-state index contributed by atoms with van der Waals surface area (Å²) < 4.78 is 12.9. The van der Waals surface area contributed by atoms with Crippen molar-refractivity contribution < 1.29 is 9.50 Å². The molecule has 1 aliphatic rings. The minimum absolute atomic E-state index is 0.300. The van der Waals surface area contributed by atoms with Crippen LogP contribution in [-0.4, -0.2) is 28.2 Å². The lowest BCUT2D eigenvalue weighted by Gasteiger charge is -2.46. The van der Waals surface area contributed by atoms with Crippen molar-refractivity contribution in [1.82, 2.24) is 9.97 Å². The third kappa shape index (κ3) is 2.17. The second kappa shape index (κ2) is 4.28. The molecule has 0 spiro atoms. The van der Waals surface area contributed by atoms with Gasteiger partial charge < -0.3 is 10.0 Å². The van der Waals surface area contributed by atoms with Crippen LogP contribution in [0.15, 0.2) is 36.5 Å². The van der Waals surface area contributed by atoms with Gasteiger partial charge in [0.2, 0.25) is 5.95 Å². The average Bonchev–Trinajstić information content (AvgIpc) is 2.36. The van der Waals surface area contributed by atoms with E-state index in [4.69, 9.17) is 0 Å². The highest BCUT2D eigenvalue weighted by Crippen LogP contribution is 2.33. The Hall–Kier alpha value is -2.01. The van der Waals surface area contributed by atoms with E-state index in [1.165, 1.54) is 12.1 Å². The molecule has 0 radical (unpaired) electrons. The fourth-order valence-electron chi connectivity index (χ4n) is 2.26. The number of aromatic nitrogens is 2. The molecule has 1 N–H and O–H groups in total. The van der Waals surface area contributed by atoms with Crippen LogP contribution in [0.25, 0.3) is 0 Å². The Morgan fingerprint density at radius 1 is 1.21 bits per heavy atom. The van der Waals surface area contributed by atoms with E-state index in [0.29, 0.717) is 19.0 Å². The summed E-state index contributed by atoms with van der Waals surface area (Å²) in [6.45, 7) is 2.74. The van der Waals surface area contributed by atoms with E-state index >= 15 is 0 Å². The molecule has 0 amide bonds. The molecule has 0 saturated carbocycles. The van der Waals surface area contributed by atoms with Gasteiger partial charge in [-0.3, -0.25) is 0 Å². The zero-order valence-corrected chi connectivity index (χ0v) is 10.5. The predicted molar refractivity (Wildman–Crippen MR) is 69.3 cm³/mol. The predicted octanol–water partition coefficient (Wildman–Crippen LogP) is 1.63. The molecule has 1 aromatic carbocycles. The number of hydrogen-bond acceptors (Lipinski definition) is 4. The quantitative estimate of drug-likeness (QED) is 0.890. The van der Waals surface area contributed by atoms with Gasteiger partial charge in [0, 0.05) is 11.9 Å². The van der Waals surface area contributed by atoms with Crippen molar-refractivity contribution in [3.05, 3.63) is 53.6 Å². The minimum Gasteiger partial charge on any atom is -0.381 e. The maximum Gasteiger partial charge on any atom is 0.225 e. The van der Waals surface area contributed by atoms with Crippen molar-refractivity contribution >= 4 is 5.95 Å². The molecule has 0 aliphatic carbocycles. The Morgan fingerprint density at radius 2 is 1.89 bits per heavy atom. The van der Waals surface area contributed by atoms with Crippen LogP contribution in [0.4, 0.5) is 10.3 Å². The number of benzene rings is 1. The Balaban J connectivity index is 1.76. The van der Waals surface area contributed by atoms with Gasteiger partial charge in [-0.15, -0.1) is 0 Å². The average molecular weight is 259 g/mol. The van der Waals surface area contributed by atoms with Crippen LogP contribution in [0, 0.1) is 12.7 Å². The Labute approximate surface area is 110 Å². The van der Waals surface area contributed by atoms with Gasteiger partial charge in [0.05, 0.1) is 13.1 Å². The molecule has 2 heterocycles. The SMILES string of the molecule is Cc1ccnc(N2CC(O)(c3ccc(F)cc3)C2)n1. The number of aryl methyl sites for hydroxylation is 1. The van der Waals surface area contributed by atoms with E-state index in [0.717, 1.165) is 11.3 Å². The Morgan fingerprint density at radius 3 is 2.53 bits per heavy atom. The zero-order valence-electron chi connectivity index (χ0n) is 10.5. The molecule has 1 saturated heterocycles. The third-order valence-electron chi connectivity index (χ3n) is 3.35. The Bertz CT molecular complexity index is 594. The summed E-state index contributed by atoms with van der Waals surface area (Å²) in [6, 6.07) is 7.78. The highest BCUT2D eigenvalue weighted by atomic mass is 19.1. The van der Waals surface area contributed by atoms with Crippen LogP contribution < -0.4 is 4.90 Å². The fraction of sp³-hybridized carbons (Fsp3) is 0.286. The minimum atomic E-state index is -0.944. The largest absolute Gasteiger partial charge is 0.381 e. The molecule has 4 nitrogen and oxygen atoms in total. The maximum atomic E-state index is 12.9. The van der Waals surface area contributed by atoms with E-state index < -0.39 is 5.60 Å². The number of β-amino-alcohol motifs (C(OH)–C–C–N with tert-alkyl or cyclic N) is 1. The number of aliphatic hydroxyl groups is 1. The van der Waals surface area contributed by atoms with Crippen molar-refractivity contribution in [2.45, 2.75) is 12.5 Å². The molecule has 0 bridgehead atoms. The summed E-state index contributed by atoms with van der Waals surface area (Å²) in [5, 5.41) is 10.5. The van der Waals surface area contributed by atoms with E-state index in [9.17, 15) is 9.50 Å². The maximum absolute atomic E-state index is 12.9. The number of hydrogen-bond donors (Lipinski definition) is 1. The molecule has 19 heavy (non-hydrogen) atoms. The molecule has 1 fully saturated rings. The second-order valence-corrected chi connectivity index (χ2v) is 4.89. The first-order valence-corrected chi connectivity index (χ1v) is 6.10. The van der Waals surface area contributed by atoms with Crippen molar-refractivity contribution in [2.24, 2.45) is 0 Å². The van der Waals surface area contributed by atoms with Crippen LogP contribution in [0.2, 0.25) is 0 Å². The topological polar surface area (TPSA) is 49.2 Å². The van der Waals surface area contributed by atoms with Crippen molar-refractivity contribution in [2.75, 3.05) is 18.0 Å². The van der Waals surface area contributed by atoms with Gasteiger partial charge in [-0.25, -0.2) is 14.4 Å². The van der Waals surface area contributed by atoms with Gasteiger partial charge in [-0.2, -0.15) is 0 Å². The van der Waals surface area contributed by atoms with Crippen LogP contribution in [0.1, 0.15) is 11.3 Å². The van der Waals surface area contributed by atoms with Crippen LogP contribution in [0.3, 0.4) is 0 Å². The molecular formula is C14H14FN3O. The first-order chi connectivity index (χ1) is 9.07. The van der Waals surface area contributed by atoms with Gasteiger partial charge in [0.1, 0.15) is 11.4 Å². The van der Waals surface area contributed by atoms with E-state index in [2.05, 4.69) is 9.97 Å². The highest BCUT2D eigenvalue weighted by Gasteiger charge is 2.43. The Kier molecular flexibility index (Phi) is 2.71. The van der Waals surface area contributed by atoms with Gasteiger partial charge >= 0.3 is 0 Å². The first-order valence-electron chi connectivity index (χ1n) is 6.10. The highest BCUT2D eigenvalue weighted by molar-refractivity contribution is 5.42. The monoisotopic (exact) mass is 259 g/mol. The van der Waals surface area contributed by atoms with Crippen molar-refractivity contribution in [3.63, 3.8) is 0 Å². The summed E-state index contributed by atoms with van der Waals surface area (Å²) in [5.41, 5.74) is 0.667. The third-order valence-corrected chi connectivity index (χ3v) is 3.35. The zero-order chi connectivity index (χ0) is 13.5. The van der Waals surface area contributed by atoms with Crippen LogP contribution in [0.5, 0.6) is 0 Å². The lowest BCUT2D eigenvalue weighted by Crippen LogP contribution is -2.60. The van der Waals surface area contributed by atoms with Crippen molar-refractivity contribution in [1.29, 1.82) is 0 Å². The van der Waals surface area contributed by atoms with Gasteiger partial charge in [-0.1, -0.05) is 12.1 Å². The van der Waals surface area contributed by atoms with Crippen molar-refractivity contribution in [3.8, 4) is 0 Å². The lowest BCUT2D eigenvalue weighted by atomic mass is 9.86. The molecule has 3 rings (SSSR count). The molecule has 0 unspecified atom stereocenters. The number of halogens is 1. The lowest BCUT2D eigenvalue weighted by molar-refractivity contribution is 0.00646. The number of anilines is 1.